The van der Waals surface area contributed by atoms with Gasteiger partial charge in [0.15, 0.2) is 11.6 Å². The molecule has 0 saturated carbocycles. The lowest BCUT2D eigenvalue weighted by Crippen LogP contribution is -2.48. The smallest absolute Gasteiger partial charge is 0.305 e. The van der Waals surface area contributed by atoms with E-state index in [-0.39, 0.29) is 30.7 Å². The Bertz CT molecular complexity index is 1330. The third-order valence-corrected chi connectivity index (χ3v) is 7.99. The number of aryl methyl sites for hydroxylation is 3. The zero-order valence-electron chi connectivity index (χ0n) is 22.4. The third-order valence-electron chi connectivity index (χ3n) is 7.01. The van der Waals surface area contributed by atoms with Crippen LogP contribution in [0.5, 0.6) is 5.75 Å². The van der Waals surface area contributed by atoms with Crippen LogP contribution < -0.4 is 10.1 Å². The molecule has 0 bridgehead atoms. The first-order valence-electron chi connectivity index (χ1n) is 12.9. The van der Waals surface area contributed by atoms with Crippen LogP contribution in [0.1, 0.15) is 57.4 Å². The summed E-state index contributed by atoms with van der Waals surface area (Å²) in [5.74, 6) is -0.248. The van der Waals surface area contributed by atoms with Crippen molar-refractivity contribution in [3.8, 4) is 5.75 Å². The van der Waals surface area contributed by atoms with Gasteiger partial charge in [0.25, 0.3) is 5.91 Å². The van der Waals surface area contributed by atoms with E-state index < -0.39 is 17.2 Å². The number of esters is 1. The number of thioether (sulfide) groups is 1. The lowest BCUT2D eigenvalue weighted by molar-refractivity contribution is -0.140. The fraction of sp³-hybridized carbons (Fsp3) is 0.355. The number of rotatable bonds is 9. The van der Waals surface area contributed by atoms with E-state index >= 15 is 0 Å². The highest BCUT2D eigenvalue weighted by Crippen LogP contribution is 2.37. The molecular weight excluding hydrogens is 520 g/mol. The lowest BCUT2D eigenvalue weighted by Gasteiger charge is -2.39. The lowest BCUT2D eigenvalue weighted by atomic mass is 9.82. The molecule has 0 radical (unpaired) electrons. The van der Waals surface area contributed by atoms with Gasteiger partial charge in [0.1, 0.15) is 12.4 Å². The highest BCUT2D eigenvalue weighted by atomic mass is 32.2. The summed E-state index contributed by atoms with van der Waals surface area (Å²) in [6.45, 7) is 4.05. The molecule has 1 aliphatic heterocycles. The predicted molar refractivity (Wildman–Crippen MR) is 149 cm³/mol. The summed E-state index contributed by atoms with van der Waals surface area (Å²) in [5.41, 5.74) is 4.58. The first-order chi connectivity index (χ1) is 18.7. The van der Waals surface area contributed by atoms with Crippen LogP contribution in [0.4, 0.5) is 8.78 Å². The van der Waals surface area contributed by atoms with E-state index in [1.54, 1.807) is 18.2 Å². The number of carbonyl (C=O) groups excluding carboxylic acids is 2. The Morgan fingerprint density at radius 1 is 0.974 bits per heavy atom. The molecule has 0 spiro atoms. The molecule has 4 rings (SSSR count). The van der Waals surface area contributed by atoms with Crippen LogP contribution in [0.25, 0.3) is 0 Å². The van der Waals surface area contributed by atoms with E-state index in [0.29, 0.717) is 23.1 Å². The number of benzene rings is 3. The SMILES string of the molecule is COC(=O)CCc1ccc(COc2cc(F)ccc2F)cc1C(=O)NC1(c2cc(C)cc(C)c2)CCSCC1. The third kappa shape index (κ3) is 7.18. The monoisotopic (exact) mass is 553 g/mol. The summed E-state index contributed by atoms with van der Waals surface area (Å²) in [4.78, 5) is 25.8. The van der Waals surface area contributed by atoms with Crippen molar-refractivity contribution in [3.63, 3.8) is 0 Å². The van der Waals surface area contributed by atoms with E-state index in [1.165, 1.54) is 7.11 Å². The number of halogens is 2. The molecule has 1 amide bonds. The number of ether oxygens (including phenoxy) is 2. The van der Waals surface area contributed by atoms with Crippen molar-refractivity contribution in [3.05, 3.63) is 99.6 Å². The van der Waals surface area contributed by atoms with Crippen LogP contribution >= 0.6 is 11.8 Å². The molecule has 8 heteroatoms. The molecule has 0 aliphatic carbocycles. The van der Waals surface area contributed by atoms with Crippen molar-refractivity contribution in [1.29, 1.82) is 0 Å². The fourth-order valence-electron chi connectivity index (χ4n) is 4.97. The van der Waals surface area contributed by atoms with Crippen LogP contribution in [0, 0.1) is 25.5 Å². The number of amides is 1. The van der Waals surface area contributed by atoms with Crippen LogP contribution in [0.2, 0.25) is 0 Å². The largest absolute Gasteiger partial charge is 0.486 e. The first-order valence-corrected chi connectivity index (χ1v) is 14.1. The summed E-state index contributed by atoms with van der Waals surface area (Å²) < 4.78 is 38.0. The van der Waals surface area contributed by atoms with Crippen LogP contribution in [-0.4, -0.2) is 30.5 Å². The standard InChI is InChI=1S/C31H33F2NO4S/c1-20-14-21(2)16-24(15-20)31(10-12-39-13-11-31)34-30(36)26-17-22(4-5-23(26)6-9-29(35)37-3)19-38-28-18-25(32)7-8-27(28)33/h4-5,7-8,14-18H,6,9-13,19H2,1-3H3,(H,34,36). The van der Waals surface area contributed by atoms with Gasteiger partial charge in [0.05, 0.1) is 12.6 Å². The van der Waals surface area contributed by atoms with Crippen LogP contribution in [0.15, 0.2) is 54.6 Å². The van der Waals surface area contributed by atoms with E-state index in [4.69, 9.17) is 9.47 Å². The fourth-order valence-corrected chi connectivity index (χ4v) is 6.16. The van der Waals surface area contributed by atoms with E-state index in [0.717, 1.165) is 59.2 Å². The Balaban J connectivity index is 1.65. The molecule has 0 unspecified atom stereocenters. The van der Waals surface area contributed by atoms with Crippen molar-refractivity contribution in [2.45, 2.75) is 51.7 Å². The van der Waals surface area contributed by atoms with Crippen molar-refractivity contribution in [2.75, 3.05) is 18.6 Å². The molecular formula is C31H33F2NO4S. The molecule has 206 valence electrons. The normalized spacial score (nSPS) is 14.5. The van der Waals surface area contributed by atoms with Gasteiger partial charge in [-0.15, -0.1) is 0 Å². The second kappa shape index (κ2) is 12.6. The molecule has 0 aromatic heterocycles. The van der Waals surface area contributed by atoms with E-state index in [2.05, 4.69) is 37.4 Å². The zero-order chi connectivity index (χ0) is 28.0. The minimum absolute atomic E-state index is 0.0587. The van der Waals surface area contributed by atoms with Crippen molar-refractivity contribution >= 4 is 23.6 Å². The van der Waals surface area contributed by atoms with Crippen LogP contribution in [0.3, 0.4) is 0 Å². The molecule has 39 heavy (non-hydrogen) atoms. The van der Waals surface area contributed by atoms with Crippen molar-refractivity contribution < 1.29 is 27.8 Å². The van der Waals surface area contributed by atoms with Gasteiger partial charge in [-0.05, 0) is 79.5 Å². The van der Waals surface area contributed by atoms with Gasteiger partial charge in [-0.2, -0.15) is 11.8 Å². The highest BCUT2D eigenvalue weighted by molar-refractivity contribution is 7.99. The van der Waals surface area contributed by atoms with Crippen molar-refractivity contribution in [1.82, 2.24) is 5.32 Å². The predicted octanol–water partition coefficient (Wildman–Crippen LogP) is 6.42. The summed E-state index contributed by atoms with van der Waals surface area (Å²) >= 11 is 1.87. The minimum atomic E-state index is -0.672. The molecule has 5 nitrogen and oxygen atoms in total. The Morgan fingerprint density at radius 3 is 2.38 bits per heavy atom. The maximum absolute atomic E-state index is 14.1. The van der Waals surface area contributed by atoms with Gasteiger partial charge in [-0.3, -0.25) is 9.59 Å². The van der Waals surface area contributed by atoms with Gasteiger partial charge in [0, 0.05) is 18.1 Å². The molecule has 1 heterocycles. The van der Waals surface area contributed by atoms with Gasteiger partial charge >= 0.3 is 5.97 Å². The highest BCUT2D eigenvalue weighted by Gasteiger charge is 2.36. The quantitative estimate of drug-likeness (QED) is 0.310. The minimum Gasteiger partial charge on any atom is -0.486 e. The van der Waals surface area contributed by atoms with E-state index in [9.17, 15) is 18.4 Å². The summed E-state index contributed by atoms with van der Waals surface area (Å²) in [6.07, 6.45) is 2.04. The Labute approximate surface area is 232 Å². The molecule has 1 aliphatic rings. The summed E-state index contributed by atoms with van der Waals surface area (Å²) in [7, 11) is 1.33. The molecule has 3 aromatic rings. The molecule has 0 atom stereocenters. The first kappa shape index (κ1) is 28.6. The van der Waals surface area contributed by atoms with E-state index in [1.807, 2.05) is 11.8 Å². The summed E-state index contributed by atoms with van der Waals surface area (Å²) in [5, 5.41) is 3.36. The van der Waals surface area contributed by atoms with Crippen LogP contribution in [-0.2, 0) is 28.1 Å². The van der Waals surface area contributed by atoms with Gasteiger partial charge in [0.2, 0.25) is 0 Å². The van der Waals surface area contributed by atoms with Gasteiger partial charge in [-0.1, -0.05) is 41.5 Å². The maximum Gasteiger partial charge on any atom is 0.305 e. The van der Waals surface area contributed by atoms with Crippen molar-refractivity contribution in [2.24, 2.45) is 0 Å². The maximum atomic E-state index is 14.1. The molecule has 1 N–H and O–H groups in total. The average Bonchev–Trinajstić information content (AvgIpc) is 2.92. The van der Waals surface area contributed by atoms with Gasteiger partial charge < -0.3 is 14.8 Å². The number of hydrogen-bond acceptors (Lipinski definition) is 5. The average molecular weight is 554 g/mol. The Hall–Kier alpha value is -3.39. The molecule has 1 saturated heterocycles. The summed E-state index contributed by atoms with van der Waals surface area (Å²) in [6, 6.07) is 14.7. The number of carbonyl (C=O) groups is 2. The Kier molecular flexibility index (Phi) is 9.28. The second-order valence-corrected chi connectivity index (χ2v) is 11.2. The number of hydrogen-bond donors (Lipinski definition) is 1. The number of methoxy groups -OCH3 is 1. The second-order valence-electron chi connectivity index (χ2n) is 9.96. The Morgan fingerprint density at radius 2 is 1.69 bits per heavy atom. The van der Waals surface area contributed by atoms with Gasteiger partial charge in [-0.25, -0.2) is 8.78 Å². The molecule has 1 fully saturated rings. The molecule has 3 aromatic carbocycles. The number of nitrogens with one attached hydrogen (secondary N) is 1. The topological polar surface area (TPSA) is 64.6 Å². The zero-order valence-corrected chi connectivity index (χ0v) is 23.3.